The van der Waals surface area contributed by atoms with Crippen LogP contribution in [0.1, 0.15) is 0 Å². The van der Waals surface area contributed by atoms with Crippen molar-refractivity contribution < 1.29 is 5.48 Å². The highest BCUT2D eigenvalue weighted by atomic mass is 32.1. The molecule has 0 bridgehead atoms. The van der Waals surface area contributed by atoms with Gasteiger partial charge in [-0.15, -0.1) is 6.58 Å². The molecular formula is C3H8OS. The first-order chi connectivity index (χ1) is 1.91. The summed E-state index contributed by atoms with van der Waals surface area (Å²) in [5.74, 6) is 0.778. The van der Waals surface area contributed by atoms with Crippen LogP contribution in [0.2, 0.25) is 0 Å². The fourth-order valence-electron chi connectivity index (χ4n) is 0. The van der Waals surface area contributed by atoms with Crippen molar-refractivity contribution in [1.29, 1.82) is 0 Å². The summed E-state index contributed by atoms with van der Waals surface area (Å²) in [6.45, 7) is 3.40. The van der Waals surface area contributed by atoms with E-state index in [0.717, 1.165) is 5.75 Å². The van der Waals surface area contributed by atoms with Crippen molar-refractivity contribution in [3.63, 3.8) is 0 Å². The highest BCUT2D eigenvalue weighted by Crippen LogP contribution is 1.65. The summed E-state index contributed by atoms with van der Waals surface area (Å²) in [7, 11) is 0. The first-order valence-corrected chi connectivity index (χ1v) is 1.77. The molecule has 0 aromatic carbocycles. The molecule has 0 fully saturated rings. The molecule has 0 aliphatic carbocycles. The summed E-state index contributed by atoms with van der Waals surface area (Å²) in [5.41, 5.74) is 0. The molecule has 1 nitrogen and oxygen atoms in total. The van der Waals surface area contributed by atoms with Gasteiger partial charge in [0.2, 0.25) is 0 Å². The number of thiol groups is 1. The molecule has 0 aliphatic rings. The van der Waals surface area contributed by atoms with Crippen LogP contribution in [0.3, 0.4) is 0 Å². The first-order valence-electron chi connectivity index (χ1n) is 1.13. The Kier molecular flexibility index (Phi) is 16.0. The van der Waals surface area contributed by atoms with Gasteiger partial charge in [0.05, 0.1) is 0 Å². The van der Waals surface area contributed by atoms with E-state index in [1.807, 2.05) is 0 Å². The van der Waals surface area contributed by atoms with Crippen LogP contribution >= 0.6 is 12.6 Å². The molecule has 0 saturated carbocycles. The maximum Gasteiger partial charge on any atom is 0.00799 e. The zero-order chi connectivity index (χ0) is 3.41. The standard InChI is InChI=1S/C3H6S.H2O/c1-2-3-4;/h2,4H,1,3H2;1H2. The average Bonchev–Trinajstić information content (AvgIpc) is 1.37. The van der Waals surface area contributed by atoms with Crippen LogP contribution in [-0.4, -0.2) is 11.2 Å². The first kappa shape index (κ1) is 8.90. The van der Waals surface area contributed by atoms with E-state index in [0.29, 0.717) is 0 Å². The molecule has 2 N–H and O–H groups in total. The second kappa shape index (κ2) is 8.96. The predicted molar refractivity (Wildman–Crippen MR) is 27.7 cm³/mol. The molecule has 0 atom stereocenters. The van der Waals surface area contributed by atoms with Crippen LogP contribution in [0.25, 0.3) is 0 Å². The van der Waals surface area contributed by atoms with Crippen molar-refractivity contribution in [1.82, 2.24) is 0 Å². The van der Waals surface area contributed by atoms with Gasteiger partial charge < -0.3 is 5.48 Å². The molecule has 32 valence electrons. The minimum atomic E-state index is 0. The Balaban J connectivity index is 0. The zero-order valence-electron chi connectivity index (χ0n) is 2.94. The van der Waals surface area contributed by atoms with Crippen molar-refractivity contribution >= 4 is 12.6 Å². The Labute approximate surface area is 37.4 Å². The molecule has 2 heteroatoms. The van der Waals surface area contributed by atoms with E-state index < -0.39 is 0 Å². The molecule has 5 heavy (non-hydrogen) atoms. The molecule has 0 amide bonds. The third-order valence-corrected chi connectivity index (χ3v) is 0.387. The Morgan fingerprint density at radius 2 is 2.00 bits per heavy atom. The minimum absolute atomic E-state index is 0. The fourth-order valence-corrected chi connectivity index (χ4v) is 0. The minimum Gasteiger partial charge on any atom is -0.412 e. The quantitative estimate of drug-likeness (QED) is 0.356. The van der Waals surface area contributed by atoms with E-state index in [4.69, 9.17) is 0 Å². The molecule has 0 rings (SSSR count). The lowest BCUT2D eigenvalue weighted by Gasteiger charge is -1.57. The third kappa shape index (κ3) is 15.4. The molecule has 0 spiro atoms. The summed E-state index contributed by atoms with van der Waals surface area (Å²) in [5, 5.41) is 0. The van der Waals surface area contributed by atoms with Gasteiger partial charge in [-0.25, -0.2) is 0 Å². The van der Waals surface area contributed by atoms with Gasteiger partial charge in [0.1, 0.15) is 0 Å². The summed E-state index contributed by atoms with van der Waals surface area (Å²) in [4.78, 5) is 0. The maximum atomic E-state index is 3.80. The van der Waals surface area contributed by atoms with E-state index >= 15 is 0 Å². The Morgan fingerprint density at radius 3 is 2.00 bits per heavy atom. The maximum absolute atomic E-state index is 3.80. The number of hydrogen-bond acceptors (Lipinski definition) is 1. The van der Waals surface area contributed by atoms with Crippen molar-refractivity contribution in [3.8, 4) is 0 Å². The summed E-state index contributed by atoms with van der Waals surface area (Å²) in [6.07, 6.45) is 1.74. The lowest BCUT2D eigenvalue weighted by atomic mass is 10.8. The molecule has 0 radical (unpaired) electrons. The van der Waals surface area contributed by atoms with Crippen molar-refractivity contribution in [2.45, 2.75) is 0 Å². The van der Waals surface area contributed by atoms with Crippen LogP contribution in [0.15, 0.2) is 12.7 Å². The highest BCUT2D eigenvalue weighted by molar-refractivity contribution is 7.80. The molecule has 0 heterocycles. The summed E-state index contributed by atoms with van der Waals surface area (Å²) >= 11 is 3.80. The molecule has 0 saturated heterocycles. The van der Waals surface area contributed by atoms with Crippen LogP contribution in [0, 0.1) is 0 Å². The summed E-state index contributed by atoms with van der Waals surface area (Å²) in [6, 6.07) is 0. The summed E-state index contributed by atoms with van der Waals surface area (Å²) < 4.78 is 0. The van der Waals surface area contributed by atoms with Gasteiger partial charge in [0, 0.05) is 5.75 Å². The van der Waals surface area contributed by atoms with Gasteiger partial charge in [-0.3, -0.25) is 0 Å². The van der Waals surface area contributed by atoms with E-state index in [1.165, 1.54) is 0 Å². The zero-order valence-corrected chi connectivity index (χ0v) is 3.83. The van der Waals surface area contributed by atoms with E-state index in [-0.39, 0.29) is 5.48 Å². The average molecular weight is 92.2 g/mol. The lowest BCUT2D eigenvalue weighted by Crippen LogP contribution is -1.45. The van der Waals surface area contributed by atoms with Gasteiger partial charge in [0.25, 0.3) is 0 Å². The number of rotatable bonds is 1. The lowest BCUT2D eigenvalue weighted by molar-refractivity contribution is 0.824. The van der Waals surface area contributed by atoms with Gasteiger partial charge >= 0.3 is 0 Å². The largest absolute Gasteiger partial charge is 0.412 e. The van der Waals surface area contributed by atoms with Crippen LogP contribution in [0.4, 0.5) is 0 Å². The van der Waals surface area contributed by atoms with Crippen LogP contribution in [0.5, 0.6) is 0 Å². The normalized spacial score (nSPS) is 5.00. The number of hydrogen-bond donors (Lipinski definition) is 1. The molecule has 0 unspecified atom stereocenters. The van der Waals surface area contributed by atoms with Crippen LogP contribution in [-0.2, 0) is 0 Å². The molecule has 0 aromatic rings. The third-order valence-electron chi connectivity index (χ3n) is 0.129. The van der Waals surface area contributed by atoms with E-state index in [1.54, 1.807) is 6.08 Å². The monoisotopic (exact) mass is 92.0 g/mol. The SMILES string of the molecule is C=CCS.O. The second-order valence-electron chi connectivity index (χ2n) is 0.471. The Morgan fingerprint density at radius 1 is 1.80 bits per heavy atom. The van der Waals surface area contributed by atoms with Gasteiger partial charge in [-0.1, -0.05) is 6.08 Å². The van der Waals surface area contributed by atoms with E-state index in [2.05, 4.69) is 19.2 Å². The predicted octanol–water partition coefficient (Wildman–Crippen LogP) is 0.277. The Hall–Kier alpha value is 0.0500. The van der Waals surface area contributed by atoms with Crippen LogP contribution < -0.4 is 0 Å². The van der Waals surface area contributed by atoms with Crippen molar-refractivity contribution in [2.75, 3.05) is 5.75 Å². The molecule has 0 aliphatic heterocycles. The second-order valence-corrected chi connectivity index (χ2v) is 0.836. The molecular weight excluding hydrogens is 84.1 g/mol. The van der Waals surface area contributed by atoms with Gasteiger partial charge in [-0.05, 0) is 0 Å². The molecule has 0 aromatic heterocycles. The fraction of sp³-hybridized carbons (Fsp3) is 0.333. The van der Waals surface area contributed by atoms with Crippen molar-refractivity contribution in [3.05, 3.63) is 12.7 Å². The highest BCUT2D eigenvalue weighted by Gasteiger charge is 1.45. The van der Waals surface area contributed by atoms with E-state index in [9.17, 15) is 0 Å². The topological polar surface area (TPSA) is 31.5 Å². The Bertz CT molecular complexity index is 20.9. The van der Waals surface area contributed by atoms with Crippen molar-refractivity contribution in [2.24, 2.45) is 0 Å². The van der Waals surface area contributed by atoms with Gasteiger partial charge in [0.15, 0.2) is 0 Å². The smallest absolute Gasteiger partial charge is 0.00799 e. The van der Waals surface area contributed by atoms with Gasteiger partial charge in [-0.2, -0.15) is 12.6 Å².